The molecule has 0 bridgehead atoms. The second kappa shape index (κ2) is 9.16. The van der Waals surface area contributed by atoms with Gasteiger partial charge in [-0.2, -0.15) is 4.31 Å². The maximum absolute atomic E-state index is 12.6. The third-order valence-electron chi connectivity index (χ3n) is 4.47. The average Bonchev–Trinajstić information content (AvgIpc) is 2.64. The van der Waals surface area contributed by atoms with Crippen molar-refractivity contribution in [2.24, 2.45) is 0 Å². The van der Waals surface area contributed by atoms with E-state index in [4.69, 9.17) is 0 Å². The van der Waals surface area contributed by atoms with Gasteiger partial charge in [0.1, 0.15) is 6.54 Å². The van der Waals surface area contributed by atoms with Crippen molar-refractivity contribution in [3.8, 4) is 0 Å². The molecule has 0 unspecified atom stereocenters. The van der Waals surface area contributed by atoms with Crippen LogP contribution in [-0.2, 0) is 21.4 Å². The van der Waals surface area contributed by atoms with Crippen molar-refractivity contribution in [1.82, 2.24) is 8.87 Å². The molecule has 0 radical (unpaired) electrons. The zero-order valence-electron chi connectivity index (χ0n) is 16.7. The van der Waals surface area contributed by atoms with Crippen LogP contribution in [0.2, 0.25) is 0 Å². The quantitative estimate of drug-likeness (QED) is 0.731. The lowest BCUT2D eigenvalue weighted by atomic mass is 10.0. The van der Waals surface area contributed by atoms with Crippen LogP contribution in [0.15, 0.2) is 52.3 Å². The molecule has 1 N–H and O–H groups in total. The zero-order valence-corrected chi connectivity index (χ0v) is 17.5. The van der Waals surface area contributed by atoms with Crippen LogP contribution in [0.1, 0.15) is 39.2 Å². The summed E-state index contributed by atoms with van der Waals surface area (Å²) < 4.78 is 27.7. The van der Waals surface area contributed by atoms with Crippen molar-refractivity contribution in [3.63, 3.8) is 0 Å². The number of amides is 1. The van der Waals surface area contributed by atoms with Gasteiger partial charge in [0, 0.05) is 31.0 Å². The highest BCUT2D eigenvalue weighted by atomic mass is 32.2. The number of aromatic nitrogens is 1. The number of carbonyl (C=O) groups excluding carboxylic acids is 1. The molecule has 0 aliphatic heterocycles. The summed E-state index contributed by atoms with van der Waals surface area (Å²) in [6, 6.07) is 9.91. The number of rotatable bonds is 8. The van der Waals surface area contributed by atoms with Crippen molar-refractivity contribution >= 4 is 21.6 Å². The standard InChI is InChI=1S/C20H27N3O4S/c1-5-23(6-2)28(26,27)18-11-12-20(25)22(13-18)14-19(24)21-17-9-7-16(8-10-17)15(3)4/h7-13,15H,5-6,14H2,1-4H3,(H,21,24). The topological polar surface area (TPSA) is 88.5 Å². The van der Waals surface area contributed by atoms with E-state index in [9.17, 15) is 18.0 Å². The van der Waals surface area contributed by atoms with E-state index in [1.807, 2.05) is 12.1 Å². The van der Waals surface area contributed by atoms with Gasteiger partial charge in [-0.3, -0.25) is 9.59 Å². The first kappa shape index (κ1) is 21.8. The molecule has 0 saturated carbocycles. The van der Waals surface area contributed by atoms with E-state index in [1.165, 1.54) is 22.6 Å². The minimum atomic E-state index is -3.71. The molecule has 2 rings (SSSR count). The first-order valence-electron chi connectivity index (χ1n) is 9.29. The van der Waals surface area contributed by atoms with Gasteiger partial charge in [0.05, 0.1) is 4.90 Å². The van der Waals surface area contributed by atoms with E-state index in [0.717, 1.165) is 10.1 Å². The molecule has 7 nitrogen and oxygen atoms in total. The lowest BCUT2D eigenvalue weighted by Gasteiger charge is -2.19. The lowest BCUT2D eigenvalue weighted by molar-refractivity contribution is -0.116. The van der Waals surface area contributed by atoms with E-state index in [-0.39, 0.29) is 11.4 Å². The van der Waals surface area contributed by atoms with Crippen molar-refractivity contribution in [2.45, 2.75) is 45.1 Å². The van der Waals surface area contributed by atoms with Crippen LogP contribution in [0.3, 0.4) is 0 Å². The molecule has 152 valence electrons. The minimum Gasteiger partial charge on any atom is -0.325 e. The summed E-state index contributed by atoms with van der Waals surface area (Å²) in [6.45, 7) is 8.03. The number of nitrogens with one attached hydrogen (secondary N) is 1. The first-order valence-corrected chi connectivity index (χ1v) is 10.7. The predicted molar refractivity (Wildman–Crippen MR) is 110 cm³/mol. The molecule has 8 heteroatoms. The van der Waals surface area contributed by atoms with Gasteiger partial charge < -0.3 is 9.88 Å². The number of hydrogen-bond acceptors (Lipinski definition) is 4. The number of carbonyl (C=O) groups is 1. The second-order valence-corrected chi connectivity index (χ2v) is 8.68. The van der Waals surface area contributed by atoms with Gasteiger partial charge in [-0.15, -0.1) is 0 Å². The Morgan fingerprint density at radius 2 is 1.68 bits per heavy atom. The molecule has 0 atom stereocenters. The van der Waals surface area contributed by atoms with Crippen LogP contribution >= 0.6 is 0 Å². The van der Waals surface area contributed by atoms with Crippen LogP contribution in [-0.4, -0.2) is 36.3 Å². The molecule has 0 aliphatic carbocycles. The van der Waals surface area contributed by atoms with Crippen molar-refractivity contribution in [2.75, 3.05) is 18.4 Å². The monoisotopic (exact) mass is 405 g/mol. The maximum atomic E-state index is 12.6. The summed E-state index contributed by atoms with van der Waals surface area (Å²) >= 11 is 0. The summed E-state index contributed by atoms with van der Waals surface area (Å²) in [7, 11) is -3.71. The van der Waals surface area contributed by atoms with E-state index in [0.29, 0.717) is 24.7 Å². The molecular weight excluding hydrogens is 378 g/mol. The molecule has 0 aliphatic rings. The van der Waals surface area contributed by atoms with Gasteiger partial charge >= 0.3 is 0 Å². The largest absolute Gasteiger partial charge is 0.325 e. The Bertz CT molecular complexity index is 975. The summed E-state index contributed by atoms with van der Waals surface area (Å²) in [5.41, 5.74) is 1.33. The maximum Gasteiger partial charge on any atom is 0.251 e. The normalized spacial score (nSPS) is 11.8. The number of anilines is 1. The summed E-state index contributed by atoms with van der Waals surface area (Å²) in [5.74, 6) is -0.0180. The highest BCUT2D eigenvalue weighted by molar-refractivity contribution is 7.89. The molecular formula is C20H27N3O4S. The van der Waals surface area contributed by atoms with E-state index in [2.05, 4.69) is 19.2 Å². The molecule has 0 fully saturated rings. The highest BCUT2D eigenvalue weighted by Crippen LogP contribution is 2.17. The third kappa shape index (κ3) is 5.08. The fraction of sp³-hybridized carbons (Fsp3) is 0.400. The number of pyridine rings is 1. The van der Waals surface area contributed by atoms with Gasteiger partial charge in [0.15, 0.2) is 0 Å². The Hall–Kier alpha value is -2.45. The van der Waals surface area contributed by atoms with Crippen molar-refractivity contribution in [1.29, 1.82) is 0 Å². The summed E-state index contributed by atoms with van der Waals surface area (Å²) in [6.07, 6.45) is 1.22. The Morgan fingerprint density at radius 1 is 1.07 bits per heavy atom. The molecule has 1 aromatic heterocycles. The lowest BCUT2D eigenvalue weighted by Crippen LogP contribution is -2.33. The third-order valence-corrected chi connectivity index (χ3v) is 6.51. The number of benzene rings is 1. The SMILES string of the molecule is CCN(CC)S(=O)(=O)c1ccc(=O)n(CC(=O)Nc2ccc(C(C)C)cc2)c1. The Balaban J connectivity index is 2.19. The van der Waals surface area contributed by atoms with Gasteiger partial charge in [0.2, 0.25) is 15.9 Å². The van der Waals surface area contributed by atoms with Crippen LogP contribution < -0.4 is 10.9 Å². The molecule has 2 aromatic rings. The molecule has 1 heterocycles. The zero-order chi connectivity index (χ0) is 20.9. The first-order chi connectivity index (χ1) is 13.2. The molecule has 0 spiro atoms. The summed E-state index contributed by atoms with van der Waals surface area (Å²) in [5, 5.41) is 2.73. The van der Waals surface area contributed by atoms with E-state index >= 15 is 0 Å². The highest BCUT2D eigenvalue weighted by Gasteiger charge is 2.22. The number of nitrogens with zero attached hydrogens (tertiary/aromatic N) is 2. The second-order valence-electron chi connectivity index (χ2n) is 6.75. The Morgan fingerprint density at radius 3 is 2.21 bits per heavy atom. The van der Waals surface area contributed by atoms with Crippen LogP contribution in [0, 0.1) is 0 Å². The summed E-state index contributed by atoms with van der Waals surface area (Å²) in [4.78, 5) is 24.4. The average molecular weight is 406 g/mol. The molecule has 1 aromatic carbocycles. The van der Waals surface area contributed by atoms with Crippen LogP contribution in [0.25, 0.3) is 0 Å². The minimum absolute atomic E-state index is 0.00936. The van der Waals surface area contributed by atoms with Gasteiger partial charge in [-0.25, -0.2) is 8.42 Å². The van der Waals surface area contributed by atoms with Crippen molar-refractivity contribution < 1.29 is 13.2 Å². The number of sulfonamides is 1. The van der Waals surface area contributed by atoms with Crippen molar-refractivity contribution in [3.05, 3.63) is 58.5 Å². The van der Waals surface area contributed by atoms with Gasteiger partial charge in [-0.05, 0) is 29.7 Å². The predicted octanol–water partition coefficient (Wildman–Crippen LogP) is 2.64. The van der Waals surface area contributed by atoms with Crippen LogP contribution in [0.5, 0.6) is 0 Å². The fourth-order valence-electron chi connectivity index (χ4n) is 2.80. The smallest absolute Gasteiger partial charge is 0.251 e. The van der Waals surface area contributed by atoms with E-state index in [1.54, 1.807) is 26.0 Å². The van der Waals surface area contributed by atoms with Gasteiger partial charge in [0.25, 0.3) is 5.56 Å². The Labute approximate surface area is 166 Å². The molecule has 1 amide bonds. The molecule has 0 saturated heterocycles. The Kier molecular flexibility index (Phi) is 7.15. The molecule has 28 heavy (non-hydrogen) atoms. The number of hydrogen-bond donors (Lipinski definition) is 1. The van der Waals surface area contributed by atoms with E-state index < -0.39 is 21.5 Å². The fourth-order valence-corrected chi connectivity index (χ4v) is 4.28. The van der Waals surface area contributed by atoms with Gasteiger partial charge in [-0.1, -0.05) is 39.8 Å². The van der Waals surface area contributed by atoms with Crippen LogP contribution in [0.4, 0.5) is 5.69 Å².